The van der Waals surface area contributed by atoms with Gasteiger partial charge in [-0.15, -0.1) is 5.11 Å². The molecule has 1 aromatic heterocycles. The van der Waals surface area contributed by atoms with Crippen LogP contribution in [0.15, 0.2) is 65.0 Å². The number of phenolic OH excluding ortho intramolecular Hbond substituents is 1. The third kappa shape index (κ3) is 2.55. The molecule has 0 fully saturated rings. The van der Waals surface area contributed by atoms with Crippen LogP contribution in [0.2, 0.25) is 0 Å². The Morgan fingerprint density at radius 1 is 1.00 bits per heavy atom. The van der Waals surface area contributed by atoms with Crippen LogP contribution >= 0.6 is 0 Å². The molecule has 0 radical (unpaired) electrons. The minimum absolute atomic E-state index is 0.162. The summed E-state index contributed by atoms with van der Waals surface area (Å²) in [6.45, 7) is 0. The molecular weight excluding hydrogens is 264 g/mol. The van der Waals surface area contributed by atoms with Gasteiger partial charge in [-0.1, -0.05) is 0 Å². The minimum Gasteiger partial charge on any atom is -0.507 e. The van der Waals surface area contributed by atoms with Crippen LogP contribution in [0, 0.1) is 11.3 Å². The second-order valence-electron chi connectivity index (χ2n) is 4.36. The van der Waals surface area contributed by atoms with Crippen LogP contribution in [0.1, 0.15) is 5.56 Å². The number of aromatic nitrogens is 1. The maximum Gasteiger partial charge on any atom is 0.125 e. The fourth-order valence-electron chi connectivity index (χ4n) is 1.94. The summed E-state index contributed by atoms with van der Waals surface area (Å²) in [6.07, 6.45) is 1.64. The van der Waals surface area contributed by atoms with Gasteiger partial charge in [-0.3, -0.25) is 4.98 Å². The van der Waals surface area contributed by atoms with E-state index in [1.807, 2.05) is 6.07 Å². The van der Waals surface area contributed by atoms with E-state index < -0.39 is 0 Å². The third-order valence-corrected chi connectivity index (χ3v) is 2.99. The first kappa shape index (κ1) is 12.8. The Bertz CT molecular complexity index is 864. The van der Waals surface area contributed by atoms with E-state index in [1.54, 1.807) is 54.7 Å². The van der Waals surface area contributed by atoms with Crippen molar-refractivity contribution in [1.82, 2.24) is 4.98 Å². The zero-order valence-electron chi connectivity index (χ0n) is 10.9. The highest BCUT2D eigenvalue weighted by Gasteiger charge is 2.05. The van der Waals surface area contributed by atoms with Gasteiger partial charge in [0, 0.05) is 11.6 Å². The highest BCUT2D eigenvalue weighted by Crippen LogP contribution is 2.31. The number of phenols is 1. The Hall–Kier alpha value is -3.26. The molecule has 0 aliphatic rings. The van der Waals surface area contributed by atoms with Crippen LogP contribution in [0.25, 0.3) is 10.9 Å². The molecule has 21 heavy (non-hydrogen) atoms. The quantitative estimate of drug-likeness (QED) is 0.710. The first-order valence-corrected chi connectivity index (χ1v) is 6.26. The summed E-state index contributed by atoms with van der Waals surface area (Å²) in [5.74, 6) is 0.162. The van der Waals surface area contributed by atoms with Gasteiger partial charge in [-0.25, -0.2) is 0 Å². The van der Waals surface area contributed by atoms with E-state index in [2.05, 4.69) is 15.2 Å². The fourth-order valence-corrected chi connectivity index (χ4v) is 1.94. The summed E-state index contributed by atoms with van der Waals surface area (Å²) in [5, 5.41) is 27.5. The summed E-state index contributed by atoms with van der Waals surface area (Å²) < 4.78 is 0. The maximum absolute atomic E-state index is 9.80. The summed E-state index contributed by atoms with van der Waals surface area (Å²) >= 11 is 0. The molecule has 0 saturated carbocycles. The summed E-state index contributed by atoms with van der Waals surface area (Å²) in [4.78, 5) is 4.22. The van der Waals surface area contributed by atoms with Gasteiger partial charge in [0.05, 0.1) is 17.3 Å². The first-order chi connectivity index (χ1) is 10.3. The predicted octanol–water partition coefficient (Wildman–Crippen LogP) is 4.23. The Morgan fingerprint density at radius 3 is 2.57 bits per heavy atom. The average Bonchev–Trinajstić information content (AvgIpc) is 2.55. The highest BCUT2D eigenvalue weighted by atomic mass is 16.3. The average molecular weight is 274 g/mol. The normalized spacial score (nSPS) is 10.8. The lowest BCUT2D eigenvalue weighted by molar-refractivity contribution is 0.481. The molecule has 0 unspecified atom stereocenters. The van der Waals surface area contributed by atoms with Crippen molar-refractivity contribution < 1.29 is 5.11 Å². The number of azo groups is 1. The number of benzene rings is 2. The van der Waals surface area contributed by atoms with Crippen LogP contribution < -0.4 is 0 Å². The van der Waals surface area contributed by atoms with Gasteiger partial charge in [-0.05, 0) is 48.5 Å². The van der Waals surface area contributed by atoms with E-state index in [4.69, 9.17) is 5.26 Å². The molecule has 0 atom stereocenters. The summed E-state index contributed by atoms with van der Waals surface area (Å²) in [6, 6.07) is 15.6. The Kier molecular flexibility index (Phi) is 3.27. The summed E-state index contributed by atoms with van der Waals surface area (Å²) in [7, 11) is 0. The smallest absolute Gasteiger partial charge is 0.125 e. The Morgan fingerprint density at radius 2 is 1.81 bits per heavy atom. The topological polar surface area (TPSA) is 81.6 Å². The standard InChI is InChI=1S/C16H10N4O/c17-10-11-3-5-12(6-4-11)19-20-14-7-8-15(21)13-2-1-9-18-16(13)14/h1-9,21H. The molecule has 1 heterocycles. The number of hydrogen-bond donors (Lipinski definition) is 1. The van der Waals surface area contributed by atoms with Gasteiger partial charge in [0.25, 0.3) is 0 Å². The van der Waals surface area contributed by atoms with Gasteiger partial charge >= 0.3 is 0 Å². The maximum atomic E-state index is 9.80. The number of rotatable bonds is 2. The molecule has 0 aliphatic carbocycles. The van der Waals surface area contributed by atoms with Crippen LogP contribution in [-0.4, -0.2) is 10.1 Å². The Labute approximate surface area is 120 Å². The number of nitrogens with zero attached hydrogens (tertiary/aromatic N) is 4. The molecule has 5 nitrogen and oxygen atoms in total. The molecule has 0 spiro atoms. The second-order valence-corrected chi connectivity index (χ2v) is 4.36. The van der Waals surface area contributed by atoms with Crippen molar-refractivity contribution in [2.75, 3.05) is 0 Å². The monoisotopic (exact) mass is 274 g/mol. The van der Waals surface area contributed by atoms with Gasteiger partial charge in [0.2, 0.25) is 0 Å². The molecule has 0 amide bonds. The first-order valence-electron chi connectivity index (χ1n) is 6.26. The van der Waals surface area contributed by atoms with E-state index in [1.165, 1.54) is 0 Å². The lowest BCUT2D eigenvalue weighted by atomic mass is 10.2. The minimum atomic E-state index is 0.162. The van der Waals surface area contributed by atoms with Crippen molar-refractivity contribution in [3.8, 4) is 11.8 Å². The van der Waals surface area contributed by atoms with Crippen molar-refractivity contribution in [2.45, 2.75) is 0 Å². The van der Waals surface area contributed by atoms with E-state index >= 15 is 0 Å². The zero-order valence-corrected chi connectivity index (χ0v) is 10.9. The van der Waals surface area contributed by atoms with E-state index in [0.29, 0.717) is 27.8 Å². The van der Waals surface area contributed by atoms with Gasteiger partial charge < -0.3 is 5.11 Å². The van der Waals surface area contributed by atoms with E-state index in [-0.39, 0.29) is 5.75 Å². The summed E-state index contributed by atoms with van der Waals surface area (Å²) in [5.41, 5.74) is 2.39. The fraction of sp³-hybridized carbons (Fsp3) is 0. The van der Waals surface area contributed by atoms with Crippen LogP contribution in [0.4, 0.5) is 11.4 Å². The molecule has 3 rings (SSSR count). The largest absolute Gasteiger partial charge is 0.507 e. The molecule has 0 bridgehead atoms. The van der Waals surface area contributed by atoms with Crippen molar-refractivity contribution >= 4 is 22.3 Å². The van der Waals surface area contributed by atoms with Crippen molar-refractivity contribution in [3.63, 3.8) is 0 Å². The van der Waals surface area contributed by atoms with Crippen molar-refractivity contribution in [2.24, 2.45) is 10.2 Å². The lowest BCUT2D eigenvalue weighted by Crippen LogP contribution is -1.79. The zero-order chi connectivity index (χ0) is 14.7. The third-order valence-electron chi connectivity index (χ3n) is 2.99. The number of fused-ring (bicyclic) bond motifs is 1. The molecule has 3 aromatic rings. The molecule has 0 aliphatic heterocycles. The molecule has 2 aromatic carbocycles. The molecule has 5 heteroatoms. The predicted molar refractivity (Wildman–Crippen MR) is 78.7 cm³/mol. The number of pyridine rings is 1. The lowest BCUT2D eigenvalue weighted by Gasteiger charge is -2.02. The molecule has 1 N–H and O–H groups in total. The SMILES string of the molecule is N#Cc1ccc(N=Nc2ccc(O)c3cccnc23)cc1. The number of hydrogen-bond acceptors (Lipinski definition) is 5. The van der Waals surface area contributed by atoms with E-state index in [0.717, 1.165) is 0 Å². The van der Waals surface area contributed by atoms with Crippen LogP contribution in [-0.2, 0) is 0 Å². The van der Waals surface area contributed by atoms with Gasteiger partial charge in [0.15, 0.2) is 0 Å². The Balaban J connectivity index is 1.99. The number of aromatic hydroxyl groups is 1. The van der Waals surface area contributed by atoms with Crippen molar-refractivity contribution in [1.29, 1.82) is 5.26 Å². The van der Waals surface area contributed by atoms with Crippen LogP contribution in [0.3, 0.4) is 0 Å². The molecular formula is C16H10N4O. The van der Waals surface area contributed by atoms with E-state index in [9.17, 15) is 5.11 Å². The van der Waals surface area contributed by atoms with Gasteiger partial charge in [0.1, 0.15) is 17.0 Å². The molecule has 100 valence electrons. The van der Waals surface area contributed by atoms with Crippen molar-refractivity contribution in [3.05, 3.63) is 60.3 Å². The molecule has 0 saturated heterocycles. The van der Waals surface area contributed by atoms with Crippen LogP contribution in [0.5, 0.6) is 5.75 Å². The second kappa shape index (κ2) is 5.39. The number of nitriles is 1. The van der Waals surface area contributed by atoms with Gasteiger partial charge in [-0.2, -0.15) is 10.4 Å². The highest BCUT2D eigenvalue weighted by molar-refractivity contribution is 5.93.